The van der Waals surface area contributed by atoms with E-state index in [1.165, 1.54) is 18.2 Å². The van der Waals surface area contributed by atoms with E-state index >= 15 is 0 Å². The average molecular weight is 420 g/mol. The van der Waals surface area contributed by atoms with E-state index in [0.717, 1.165) is 16.8 Å². The van der Waals surface area contributed by atoms with Crippen LogP contribution >= 0.6 is 0 Å². The van der Waals surface area contributed by atoms with E-state index < -0.39 is 16.9 Å². The third-order valence-electron chi connectivity index (χ3n) is 4.33. The summed E-state index contributed by atoms with van der Waals surface area (Å²) in [5.41, 5.74) is 2.97. The summed E-state index contributed by atoms with van der Waals surface area (Å²) in [5.74, 6) is -0.508. The molecule has 10 nitrogen and oxygen atoms in total. The molecule has 2 rings (SSSR count). The van der Waals surface area contributed by atoms with Gasteiger partial charge in [0.05, 0.1) is 17.0 Å². The molecule has 0 bridgehead atoms. The maximum absolute atomic E-state index is 11.7. The third-order valence-corrected chi connectivity index (χ3v) is 4.33. The lowest BCUT2D eigenvalue weighted by atomic mass is 10.0. The van der Waals surface area contributed by atoms with Crippen LogP contribution in [0.1, 0.15) is 23.6 Å². The van der Waals surface area contributed by atoms with Crippen molar-refractivity contribution in [3.63, 3.8) is 0 Å². The van der Waals surface area contributed by atoms with E-state index in [9.17, 15) is 14.9 Å². The number of anilines is 1. The highest BCUT2D eigenvalue weighted by molar-refractivity contribution is 5.79. The van der Waals surface area contributed by atoms with Gasteiger partial charge < -0.3 is 10.1 Å². The number of non-ortho nitro benzene ring substituents is 1. The molecule has 158 valence electrons. The second-order valence-electron chi connectivity index (χ2n) is 6.56. The lowest BCUT2D eigenvalue weighted by Crippen LogP contribution is -2.28. The number of rotatable bonds is 9. The van der Waals surface area contributed by atoms with Gasteiger partial charge in [-0.15, -0.1) is 0 Å². The van der Waals surface area contributed by atoms with Crippen molar-refractivity contribution >= 4 is 23.0 Å². The molecule has 0 amide bonds. The molecular weight excluding hydrogens is 400 g/mol. The third kappa shape index (κ3) is 6.61. The van der Waals surface area contributed by atoms with Crippen LogP contribution in [0, 0.1) is 39.7 Å². The molecule has 0 aliphatic heterocycles. The molecule has 0 aliphatic rings. The Balaban J connectivity index is 1.96. The quantitative estimate of drug-likeness (QED) is 0.278. The van der Waals surface area contributed by atoms with Crippen LogP contribution in [0.4, 0.5) is 17.1 Å². The number of nitro groups is 1. The van der Waals surface area contributed by atoms with Crippen LogP contribution in [0.15, 0.2) is 46.6 Å². The van der Waals surface area contributed by atoms with Crippen LogP contribution in [-0.2, 0) is 16.0 Å². The fourth-order valence-electron chi connectivity index (χ4n) is 2.71. The standard InChI is InChI=1S/C21H20N6O4/c1-14-11-18(25-15(2)21(28)31-10-8-22)4-3-16(14)7-9-24-26-20-6-5-19(27(29)30)12-17(20)13-23/h3-6,11-12,15,25H,7,9-10H2,1-2H3. The Hall–Kier alpha value is -4.31. The Bertz CT molecular complexity index is 1080. The molecule has 0 saturated carbocycles. The number of nitrogens with one attached hydrogen (secondary N) is 1. The molecule has 0 fully saturated rings. The fraction of sp³-hybridized carbons (Fsp3) is 0.286. The van der Waals surface area contributed by atoms with Gasteiger partial charge in [0.15, 0.2) is 6.61 Å². The topological polar surface area (TPSA) is 154 Å². The molecule has 0 aromatic heterocycles. The second-order valence-corrected chi connectivity index (χ2v) is 6.56. The molecule has 1 N–H and O–H groups in total. The SMILES string of the molecule is Cc1cc(NC(C)C(=O)OCC#N)ccc1CCN=Nc1ccc([N+](=O)[O-])cc1C#N. The van der Waals surface area contributed by atoms with E-state index in [2.05, 4.69) is 15.5 Å². The summed E-state index contributed by atoms with van der Waals surface area (Å²) in [7, 11) is 0. The number of carbonyl (C=O) groups is 1. The maximum atomic E-state index is 11.7. The van der Waals surface area contributed by atoms with Gasteiger partial charge >= 0.3 is 5.97 Å². The van der Waals surface area contributed by atoms with Gasteiger partial charge in [-0.05, 0) is 49.6 Å². The molecule has 1 atom stereocenters. The molecule has 0 saturated heterocycles. The molecular formula is C21H20N6O4. The van der Waals surface area contributed by atoms with Crippen LogP contribution in [0.25, 0.3) is 0 Å². The van der Waals surface area contributed by atoms with Crippen molar-refractivity contribution in [2.45, 2.75) is 26.3 Å². The molecule has 2 aromatic rings. The van der Waals surface area contributed by atoms with Gasteiger partial charge in [0.1, 0.15) is 23.9 Å². The fourth-order valence-corrected chi connectivity index (χ4v) is 2.71. The first-order valence-electron chi connectivity index (χ1n) is 9.31. The average Bonchev–Trinajstić information content (AvgIpc) is 2.75. The number of ether oxygens (including phenoxy) is 1. The highest BCUT2D eigenvalue weighted by Crippen LogP contribution is 2.24. The zero-order valence-corrected chi connectivity index (χ0v) is 17.0. The number of esters is 1. The number of hydrogen-bond donors (Lipinski definition) is 1. The minimum atomic E-state index is -0.594. The molecule has 1 unspecified atom stereocenters. The lowest BCUT2D eigenvalue weighted by molar-refractivity contribution is -0.384. The molecule has 2 aromatic carbocycles. The minimum absolute atomic E-state index is 0.0898. The number of nitriles is 2. The number of aryl methyl sites for hydroxylation is 1. The Labute approximate surface area is 178 Å². The van der Waals surface area contributed by atoms with E-state index in [1.54, 1.807) is 13.0 Å². The number of nitrogens with zero attached hydrogens (tertiary/aromatic N) is 5. The zero-order chi connectivity index (χ0) is 22.8. The Morgan fingerprint density at radius 3 is 2.71 bits per heavy atom. The molecule has 0 spiro atoms. The first-order chi connectivity index (χ1) is 14.8. The maximum Gasteiger partial charge on any atom is 0.329 e. The number of benzene rings is 2. The Morgan fingerprint density at radius 2 is 2.06 bits per heavy atom. The predicted molar refractivity (Wildman–Crippen MR) is 112 cm³/mol. The van der Waals surface area contributed by atoms with E-state index in [0.29, 0.717) is 13.0 Å². The Kier molecular flexibility index (Phi) is 8.17. The first-order valence-corrected chi connectivity index (χ1v) is 9.31. The van der Waals surface area contributed by atoms with Gasteiger partial charge in [0, 0.05) is 17.8 Å². The summed E-state index contributed by atoms with van der Waals surface area (Å²) in [6.07, 6.45) is 0.601. The Morgan fingerprint density at radius 1 is 1.29 bits per heavy atom. The first kappa shape index (κ1) is 23.0. The van der Waals surface area contributed by atoms with Crippen molar-refractivity contribution in [1.29, 1.82) is 10.5 Å². The summed E-state index contributed by atoms with van der Waals surface area (Å²) in [6.45, 7) is 3.66. The molecule has 0 heterocycles. The highest BCUT2D eigenvalue weighted by atomic mass is 16.6. The van der Waals surface area contributed by atoms with E-state index in [1.807, 2.05) is 31.2 Å². The summed E-state index contributed by atoms with van der Waals surface area (Å²) in [6, 6.07) is 12.5. The highest BCUT2D eigenvalue weighted by Gasteiger charge is 2.14. The van der Waals surface area contributed by atoms with Gasteiger partial charge in [-0.2, -0.15) is 20.8 Å². The van der Waals surface area contributed by atoms with Crippen molar-refractivity contribution in [1.82, 2.24) is 0 Å². The smallest absolute Gasteiger partial charge is 0.329 e. The van der Waals surface area contributed by atoms with Crippen molar-refractivity contribution in [3.05, 3.63) is 63.2 Å². The summed E-state index contributed by atoms with van der Waals surface area (Å²) >= 11 is 0. The van der Waals surface area contributed by atoms with Gasteiger partial charge in [-0.3, -0.25) is 10.1 Å². The number of hydrogen-bond acceptors (Lipinski definition) is 9. The van der Waals surface area contributed by atoms with E-state index in [-0.39, 0.29) is 23.5 Å². The van der Waals surface area contributed by atoms with Gasteiger partial charge in [-0.1, -0.05) is 6.07 Å². The zero-order valence-electron chi connectivity index (χ0n) is 17.0. The second kappa shape index (κ2) is 11.0. The van der Waals surface area contributed by atoms with Crippen LogP contribution in [-0.4, -0.2) is 30.1 Å². The molecule has 31 heavy (non-hydrogen) atoms. The van der Waals surface area contributed by atoms with Crippen molar-refractivity contribution in [3.8, 4) is 12.1 Å². The predicted octanol–water partition coefficient (Wildman–Crippen LogP) is 3.97. The normalized spacial score (nSPS) is 11.4. The molecule has 0 aliphatic carbocycles. The lowest BCUT2D eigenvalue weighted by Gasteiger charge is -2.15. The van der Waals surface area contributed by atoms with Gasteiger partial charge in [0.25, 0.3) is 5.69 Å². The van der Waals surface area contributed by atoms with Gasteiger partial charge in [-0.25, -0.2) is 4.79 Å². The molecule has 10 heteroatoms. The van der Waals surface area contributed by atoms with Crippen LogP contribution in [0.2, 0.25) is 0 Å². The number of nitro benzene ring substituents is 1. The van der Waals surface area contributed by atoms with Gasteiger partial charge in [0.2, 0.25) is 0 Å². The van der Waals surface area contributed by atoms with Crippen molar-refractivity contribution < 1.29 is 14.5 Å². The summed E-state index contributed by atoms with van der Waals surface area (Å²) in [4.78, 5) is 22.0. The van der Waals surface area contributed by atoms with Crippen molar-refractivity contribution in [2.75, 3.05) is 18.5 Å². The number of azo groups is 1. The van der Waals surface area contributed by atoms with Crippen molar-refractivity contribution in [2.24, 2.45) is 10.2 Å². The molecule has 0 radical (unpaired) electrons. The number of carbonyl (C=O) groups excluding carboxylic acids is 1. The monoisotopic (exact) mass is 420 g/mol. The van der Waals surface area contributed by atoms with E-state index in [4.69, 9.17) is 15.3 Å². The minimum Gasteiger partial charge on any atom is -0.449 e. The van der Waals surface area contributed by atoms with Crippen LogP contribution in [0.5, 0.6) is 0 Å². The van der Waals surface area contributed by atoms with Crippen LogP contribution in [0.3, 0.4) is 0 Å². The summed E-state index contributed by atoms with van der Waals surface area (Å²) in [5, 5.41) is 39.5. The summed E-state index contributed by atoms with van der Waals surface area (Å²) < 4.78 is 4.78. The van der Waals surface area contributed by atoms with Crippen LogP contribution < -0.4 is 5.32 Å². The largest absolute Gasteiger partial charge is 0.449 e.